The maximum absolute atomic E-state index is 12.3. The van der Waals surface area contributed by atoms with Crippen molar-refractivity contribution in [1.82, 2.24) is 4.90 Å². The van der Waals surface area contributed by atoms with Crippen LogP contribution < -0.4 is 0 Å². The van der Waals surface area contributed by atoms with Crippen molar-refractivity contribution in [3.05, 3.63) is 35.9 Å². The lowest BCUT2D eigenvalue weighted by Crippen LogP contribution is -2.49. The zero-order chi connectivity index (χ0) is 15.5. The Kier molecular flexibility index (Phi) is 4.43. The Morgan fingerprint density at radius 1 is 1.23 bits per heavy atom. The molecule has 1 N–H and O–H groups in total. The van der Waals surface area contributed by atoms with Gasteiger partial charge in [0.05, 0.1) is 13.2 Å². The van der Waals surface area contributed by atoms with E-state index in [9.17, 15) is 9.59 Å². The van der Waals surface area contributed by atoms with E-state index in [1.807, 2.05) is 18.2 Å². The number of amides is 1. The normalized spacial score (nSPS) is 28.0. The molecule has 1 aromatic carbocycles. The summed E-state index contributed by atoms with van der Waals surface area (Å²) in [7, 11) is 0. The van der Waals surface area contributed by atoms with E-state index in [1.54, 1.807) is 4.90 Å². The van der Waals surface area contributed by atoms with E-state index in [-0.39, 0.29) is 12.5 Å². The molecule has 1 heterocycles. The lowest BCUT2D eigenvalue weighted by molar-refractivity contribution is -0.159. The highest BCUT2D eigenvalue weighted by Crippen LogP contribution is 2.43. The van der Waals surface area contributed by atoms with E-state index in [2.05, 4.69) is 12.1 Å². The molecular formula is C17H21NO4. The van der Waals surface area contributed by atoms with Crippen LogP contribution in [-0.2, 0) is 14.3 Å². The van der Waals surface area contributed by atoms with E-state index >= 15 is 0 Å². The quantitative estimate of drug-likeness (QED) is 0.922. The fourth-order valence-corrected chi connectivity index (χ4v) is 3.30. The zero-order valence-corrected chi connectivity index (χ0v) is 12.5. The summed E-state index contributed by atoms with van der Waals surface area (Å²) >= 11 is 0. The molecule has 0 aromatic heterocycles. The fraction of sp³-hybridized carbons (Fsp3) is 0.529. The first kappa shape index (κ1) is 15.0. The van der Waals surface area contributed by atoms with Crippen LogP contribution in [0.1, 0.15) is 30.7 Å². The molecule has 1 amide bonds. The van der Waals surface area contributed by atoms with Crippen molar-refractivity contribution in [3.8, 4) is 0 Å². The first-order valence-corrected chi connectivity index (χ1v) is 7.80. The molecule has 5 nitrogen and oxygen atoms in total. The topological polar surface area (TPSA) is 66.8 Å². The van der Waals surface area contributed by atoms with Crippen LogP contribution in [0.5, 0.6) is 0 Å². The molecule has 1 unspecified atom stereocenters. The largest absolute Gasteiger partial charge is 0.479 e. The molecular weight excluding hydrogens is 282 g/mol. The predicted molar refractivity (Wildman–Crippen MR) is 80.5 cm³/mol. The van der Waals surface area contributed by atoms with E-state index in [0.29, 0.717) is 31.4 Å². The van der Waals surface area contributed by atoms with Crippen molar-refractivity contribution in [2.45, 2.75) is 31.3 Å². The van der Waals surface area contributed by atoms with Crippen LogP contribution in [0, 0.1) is 5.92 Å². The van der Waals surface area contributed by atoms with Gasteiger partial charge in [-0.1, -0.05) is 30.3 Å². The van der Waals surface area contributed by atoms with Gasteiger partial charge in [-0.25, -0.2) is 4.79 Å². The Morgan fingerprint density at radius 2 is 1.95 bits per heavy atom. The highest BCUT2D eigenvalue weighted by Gasteiger charge is 2.34. The lowest BCUT2D eigenvalue weighted by Gasteiger charge is -2.37. The van der Waals surface area contributed by atoms with Gasteiger partial charge in [-0.15, -0.1) is 0 Å². The van der Waals surface area contributed by atoms with Gasteiger partial charge in [0.2, 0.25) is 5.91 Å². The maximum atomic E-state index is 12.3. The second-order valence-corrected chi connectivity index (χ2v) is 6.19. The van der Waals surface area contributed by atoms with Crippen LogP contribution in [-0.4, -0.2) is 47.7 Å². The number of carboxylic acids is 1. The van der Waals surface area contributed by atoms with Crippen LogP contribution in [0.25, 0.3) is 0 Å². The number of carbonyl (C=O) groups excluding carboxylic acids is 1. The van der Waals surface area contributed by atoms with E-state index < -0.39 is 12.1 Å². The standard InChI is InChI=1S/C17H21NO4/c19-16(18-6-7-22-15(11-18)17(20)21)10-12-8-14(9-12)13-4-2-1-3-5-13/h1-5,12,14-15H,6-11H2,(H,20,21). The molecule has 3 rings (SSSR count). The summed E-state index contributed by atoms with van der Waals surface area (Å²) in [5, 5.41) is 8.97. The number of benzene rings is 1. The summed E-state index contributed by atoms with van der Waals surface area (Å²) in [5.74, 6) is 0.0515. The Bertz CT molecular complexity index is 539. The first-order chi connectivity index (χ1) is 10.6. The summed E-state index contributed by atoms with van der Waals surface area (Å²) < 4.78 is 5.15. The van der Waals surface area contributed by atoms with Crippen molar-refractivity contribution < 1.29 is 19.4 Å². The number of rotatable bonds is 4. The van der Waals surface area contributed by atoms with Crippen molar-refractivity contribution in [2.75, 3.05) is 19.7 Å². The molecule has 1 atom stereocenters. The molecule has 1 aliphatic carbocycles. The van der Waals surface area contributed by atoms with Gasteiger partial charge in [-0.2, -0.15) is 0 Å². The Labute approximate surface area is 129 Å². The molecule has 0 bridgehead atoms. The minimum absolute atomic E-state index is 0.0612. The molecule has 1 aromatic rings. The second-order valence-electron chi connectivity index (χ2n) is 6.19. The molecule has 2 fully saturated rings. The monoisotopic (exact) mass is 303 g/mol. The number of hydrogen-bond donors (Lipinski definition) is 1. The third-order valence-electron chi connectivity index (χ3n) is 4.66. The molecule has 0 spiro atoms. The van der Waals surface area contributed by atoms with E-state index in [1.165, 1.54) is 5.56 Å². The minimum atomic E-state index is -0.995. The van der Waals surface area contributed by atoms with Gasteiger partial charge in [0.15, 0.2) is 6.10 Å². The Balaban J connectivity index is 1.46. The molecule has 1 aliphatic heterocycles. The number of ether oxygens (including phenoxy) is 1. The summed E-state index contributed by atoms with van der Waals surface area (Å²) in [6.45, 7) is 0.973. The summed E-state index contributed by atoms with van der Waals surface area (Å²) in [6, 6.07) is 10.4. The minimum Gasteiger partial charge on any atom is -0.479 e. The zero-order valence-electron chi connectivity index (χ0n) is 12.5. The van der Waals surface area contributed by atoms with Crippen LogP contribution in [0.3, 0.4) is 0 Å². The summed E-state index contributed by atoms with van der Waals surface area (Å²) in [5.41, 5.74) is 1.35. The number of aliphatic carboxylic acids is 1. The average Bonchev–Trinajstić information content (AvgIpc) is 2.51. The number of carboxylic acid groups (broad SMARTS) is 1. The summed E-state index contributed by atoms with van der Waals surface area (Å²) in [6.07, 6.45) is 1.73. The lowest BCUT2D eigenvalue weighted by atomic mass is 9.70. The van der Waals surface area contributed by atoms with Crippen LogP contribution in [0.2, 0.25) is 0 Å². The summed E-state index contributed by atoms with van der Waals surface area (Å²) in [4.78, 5) is 24.9. The van der Waals surface area contributed by atoms with Crippen LogP contribution in [0.4, 0.5) is 0 Å². The molecule has 5 heteroatoms. The molecule has 2 aliphatic rings. The third-order valence-corrected chi connectivity index (χ3v) is 4.66. The second kappa shape index (κ2) is 6.48. The van der Waals surface area contributed by atoms with Gasteiger partial charge in [0, 0.05) is 13.0 Å². The fourth-order valence-electron chi connectivity index (χ4n) is 3.30. The molecule has 0 radical (unpaired) electrons. The van der Waals surface area contributed by atoms with E-state index in [0.717, 1.165) is 12.8 Å². The van der Waals surface area contributed by atoms with Gasteiger partial charge in [-0.05, 0) is 30.2 Å². The first-order valence-electron chi connectivity index (χ1n) is 7.80. The number of nitrogens with zero attached hydrogens (tertiary/aromatic N) is 1. The SMILES string of the molecule is O=C(O)C1CN(C(=O)CC2CC(c3ccccc3)C2)CCO1. The molecule has 118 valence electrons. The van der Waals surface area contributed by atoms with Crippen LogP contribution >= 0.6 is 0 Å². The number of morpholine rings is 1. The van der Waals surface area contributed by atoms with Gasteiger partial charge in [0.1, 0.15) is 0 Å². The average molecular weight is 303 g/mol. The molecule has 1 saturated carbocycles. The van der Waals surface area contributed by atoms with Crippen molar-refractivity contribution in [3.63, 3.8) is 0 Å². The Morgan fingerprint density at radius 3 is 2.64 bits per heavy atom. The third kappa shape index (κ3) is 3.30. The predicted octanol–water partition coefficient (Wildman–Crippen LogP) is 1.88. The molecule has 1 saturated heterocycles. The van der Waals surface area contributed by atoms with Gasteiger partial charge >= 0.3 is 5.97 Å². The van der Waals surface area contributed by atoms with E-state index in [4.69, 9.17) is 9.84 Å². The van der Waals surface area contributed by atoms with Gasteiger partial charge in [-0.3, -0.25) is 4.79 Å². The van der Waals surface area contributed by atoms with Gasteiger partial charge in [0.25, 0.3) is 0 Å². The molecule has 22 heavy (non-hydrogen) atoms. The number of hydrogen-bond acceptors (Lipinski definition) is 3. The highest BCUT2D eigenvalue weighted by molar-refractivity contribution is 5.79. The Hall–Kier alpha value is -1.88. The van der Waals surface area contributed by atoms with Crippen molar-refractivity contribution in [2.24, 2.45) is 5.92 Å². The van der Waals surface area contributed by atoms with Crippen molar-refractivity contribution in [1.29, 1.82) is 0 Å². The van der Waals surface area contributed by atoms with Gasteiger partial charge < -0.3 is 14.7 Å². The highest BCUT2D eigenvalue weighted by atomic mass is 16.5. The smallest absolute Gasteiger partial charge is 0.334 e. The number of carbonyl (C=O) groups is 2. The van der Waals surface area contributed by atoms with Crippen LogP contribution in [0.15, 0.2) is 30.3 Å². The van der Waals surface area contributed by atoms with Crippen molar-refractivity contribution >= 4 is 11.9 Å². The maximum Gasteiger partial charge on any atom is 0.334 e.